The van der Waals surface area contributed by atoms with Gasteiger partial charge in [-0.1, -0.05) is 30.3 Å². The molecule has 0 spiro atoms. The summed E-state index contributed by atoms with van der Waals surface area (Å²) in [6.45, 7) is 1.73. The molecular weight excluding hydrogens is 306 g/mol. The van der Waals surface area contributed by atoms with Crippen LogP contribution >= 0.6 is 0 Å². The Morgan fingerprint density at radius 3 is 2.62 bits per heavy atom. The Kier molecular flexibility index (Phi) is 3.53. The third-order valence-electron chi connectivity index (χ3n) is 4.72. The van der Waals surface area contributed by atoms with Gasteiger partial charge in [0, 0.05) is 11.8 Å². The lowest BCUT2D eigenvalue weighted by Gasteiger charge is -2.35. The number of rotatable bonds is 2. The zero-order valence-corrected chi connectivity index (χ0v) is 13.2. The summed E-state index contributed by atoms with van der Waals surface area (Å²) in [5.41, 5.74) is 4.28. The third-order valence-corrected chi connectivity index (χ3v) is 4.72. The number of aliphatic hydroxyl groups is 3. The van der Waals surface area contributed by atoms with E-state index in [1.807, 2.05) is 41.7 Å². The molecule has 0 fully saturated rings. The van der Waals surface area contributed by atoms with Gasteiger partial charge in [0.2, 0.25) is 0 Å². The Hall–Kier alpha value is -2.41. The molecule has 2 aromatic heterocycles. The molecule has 0 aliphatic carbocycles. The lowest BCUT2D eigenvalue weighted by molar-refractivity contribution is 0.00198. The average molecular weight is 325 g/mol. The SMILES string of the molecule is Cc1nc2c3c(ccn2c1CO)[C@@H](O)[C@H](O)[C@@H](c1ccccc1)N3. The molecule has 0 saturated heterocycles. The fraction of sp³-hybridized carbons (Fsp3) is 0.278. The predicted molar refractivity (Wildman–Crippen MR) is 89.6 cm³/mol. The first-order valence-electron chi connectivity index (χ1n) is 7.90. The summed E-state index contributed by atoms with van der Waals surface area (Å²) in [6.07, 6.45) is -0.207. The Bertz CT molecular complexity index is 891. The second-order valence-electron chi connectivity index (χ2n) is 6.11. The molecule has 6 nitrogen and oxygen atoms in total. The molecule has 4 rings (SSSR count). The maximum absolute atomic E-state index is 10.6. The van der Waals surface area contributed by atoms with Crippen LogP contribution in [0.5, 0.6) is 0 Å². The van der Waals surface area contributed by atoms with Crippen LogP contribution in [0.1, 0.15) is 34.7 Å². The van der Waals surface area contributed by atoms with Crippen molar-refractivity contribution in [3.8, 4) is 0 Å². The summed E-state index contributed by atoms with van der Waals surface area (Å²) in [5, 5.41) is 34.0. The standard InChI is InChI=1S/C18H19N3O3/c1-10-13(9-22)21-8-7-12-15(18(21)19-10)20-14(17(24)16(12)23)11-5-3-2-4-6-11/h2-8,14,16-17,20,22-24H,9H2,1H3/t14-,16-,17-/m1/s1. The molecule has 3 atom stereocenters. The molecule has 0 saturated carbocycles. The molecule has 0 amide bonds. The molecule has 124 valence electrons. The zero-order valence-electron chi connectivity index (χ0n) is 13.2. The third kappa shape index (κ3) is 2.11. The molecule has 0 bridgehead atoms. The van der Waals surface area contributed by atoms with Crippen LogP contribution in [0.25, 0.3) is 5.65 Å². The summed E-state index contributed by atoms with van der Waals surface area (Å²) in [7, 11) is 0. The number of pyridine rings is 1. The topological polar surface area (TPSA) is 90.0 Å². The number of aryl methyl sites for hydroxylation is 1. The maximum atomic E-state index is 10.6. The molecule has 3 heterocycles. The van der Waals surface area contributed by atoms with Crippen molar-refractivity contribution in [1.29, 1.82) is 0 Å². The lowest BCUT2D eigenvalue weighted by Crippen LogP contribution is -2.36. The smallest absolute Gasteiger partial charge is 0.161 e. The van der Waals surface area contributed by atoms with Gasteiger partial charge in [-0.05, 0) is 18.6 Å². The lowest BCUT2D eigenvalue weighted by atomic mass is 9.89. The second-order valence-corrected chi connectivity index (χ2v) is 6.11. The highest BCUT2D eigenvalue weighted by Gasteiger charge is 2.36. The van der Waals surface area contributed by atoms with E-state index >= 15 is 0 Å². The Morgan fingerprint density at radius 2 is 1.92 bits per heavy atom. The fourth-order valence-corrected chi connectivity index (χ4v) is 3.42. The minimum Gasteiger partial charge on any atom is -0.390 e. The Balaban J connectivity index is 1.89. The van der Waals surface area contributed by atoms with Gasteiger partial charge in [-0.2, -0.15) is 0 Å². The van der Waals surface area contributed by atoms with E-state index in [2.05, 4.69) is 10.3 Å². The number of nitrogens with zero attached hydrogens (tertiary/aromatic N) is 2. The molecule has 1 aliphatic rings. The first kappa shape index (κ1) is 15.1. The van der Waals surface area contributed by atoms with Gasteiger partial charge in [-0.25, -0.2) is 4.98 Å². The fourth-order valence-electron chi connectivity index (χ4n) is 3.42. The highest BCUT2D eigenvalue weighted by atomic mass is 16.3. The minimum absolute atomic E-state index is 0.112. The van der Waals surface area contributed by atoms with Crippen molar-refractivity contribution in [2.45, 2.75) is 31.8 Å². The number of nitrogens with one attached hydrogen (secondary N) is 1. The van der Waals surface area contributed by atoms with Crippen molar-refractivity contribution in [2.24, 2.45) is 0 Å². The van der Waals surface area contributed by atoms with Crippen LogP contribution in [-0.4, -0.2) is 30.8 Å². The minimum atomic E-state index is -1.01. The van der Waals surface area contributed by atoms with Gasteiger partial charge >= 0.3 is 0 Å². The van der Waals surface area contributed by atoms with Crippen molar-refractivity contribution in [3.05, 3.63) is 65.1 Å². The highest BCUT2D eigenvalue weighted by molar-refractivity contribution is 5.75. The molecule has 6 heteroatoms. The van der Waals surface area contributed by atoms with E-state index in [4.69, 9.17) is 0 Å². The van der Waals surface area contributed by atoms with Gasteiger partial charge in [-0.15, -0.1) is 0 Å². The van der Waals surface area contributed by atoms with Gasteiger partial charge in [0.15, 0.2) is 5.65 Å². The van der Waals surface area contributed by atoms with E-state index in [0.717, 1.165) is 11.3 Å². The first-order chi connectivity index (χ1) is 11.6. The predicted octanol–water partition coefficient (Wildman–Crippen LogP) is 1.70. The molecular formula is C18H19N3O3. The summed E-state index contributed by atoms with van der Waals surface area (Å²) in [4.78, 5) is 4.53. The maximum Gasteiger partial charge on any atom is 0.161 e. The van der Waals surface area contributed by atoms with E-state index in [-0.39, 0.29) is 6.61 Å². The van der Waals surface area contributed by atoms with E-state index < -0.39 is 18.2 Å². The van der Waals surface area contributed by atoms with Crippen molar-refractivity contribution >= 4 is 11.3 Å². The van der Waals surface area contributed by atoms with Gasteiger partial charge in [-0.3, -0.25) is 4.40 Å². The monoisotopic (exact) mass is 325 g/mol. The van der Waals surface area contributed by atoms with Gasteiger partial charge in [0.25, 0.3) is 0 Å². The Labute approximate surface area is 139 Å². The first-order valence-corrected chi connectivity index (χ1v) is 7.90. The molecule has 0 radical (unpaired) electrons. The number of benzene rings is 1. The largest absolute Gasteiger partial charge is 0.390 e. The summed E-state index contributed by atoms with van der Waals surface area (Å²) < 4.78 is 1.81. The van der Waals surface area contributed by atoms with Crippen molar-refractivity contribution < 1.29 is 15.3 Å². The van der Waals surface area contributed by atoms with Crippen molar-refractivity contribution in [1.82, 2.24) is 9.38 Å². The van der Waals surface area contributed by atoms with Crippen LogP contribution in [0.3, 0.4) is 0 Å². The van der Waals surface area contributed by atoms with E-state index in [9.17, 15) is 15.3 Å². The number of aromatic nitrogens is 2. The van der Waals surface area contributed by atoms with E-state index in [1.165, 1.54) is 0 Å². The highest BCUT2D eigenvalue weighted by Crippen LogP contribution is 2.41. The van der Waals surface area contributed by atoms with Gasteiger partial charge in [0.1, 0.15) is 12.2 Å². The van der Waals surface area contributed by atoms with E-state index in [1.54, 1.807) is 12.3 Å². The van der Waals surface area contributed by atoms with Crippen LogP contribution in [0.2, 0.25) is 0 Å². The second kappa shape index (κ2) is 5.59. The van der Waals surface area contributed by atoms with Crippen LogP contribution in [0, 0.1) is 6.92 Å². The van der Waals surface area contributed by atoms with Crippen LogP contribution in [-0.2, 0) is 6.61 Å². The van der Waals surface area contributed by atoms with Crippen LogP contribution in [0.4, 0.5) is 5.69 Å². The molecule has 3 aromatic rings. The molecule has 0 unspecified atom stereocenters. The normalized spacial score (nSPS) is 23.1. The molecule has 4 N–H and O–H groups in total. The number of aliphatic hydroxyl groups excluding tert-OH is 3. The number of hydrogen-bond donors (Lipinski definition) is 4. The summed E-state index contributed by atoms with van der Waals surface area (Å²) in [5.74, 6) is 0. The Morgan fingerprint density at radius 1 is 1.17 bits per heavy atom. The number of anilines is 1. The van der Waals surface area contributed by atoms with Crippen LogP contribution < -0.4 is 5.32 Å². The van der Waals surface area contributed by atoms with E-state index in [0.29, 0.717) is 22.6 Å². The van der Waals surface area contributed by atoms with Crippen molar-refractivity contribution in [2.75, 3.05) is 5.32 Å². The van der Waals surface area contributed by atoms with Gasteiger partial charge in [0.05, 0.1) is 29.7 Å². The summed E-state index contributed by atoms with van der Waals surface area (Å²) in [6, 6.07) is 10.8. The number of fused-ring (bicyclic) bond motifs is 3. The molecule has 1 aromatic carbocycles. The number of imidazole rings is 1. The van der Waals surface area contributed by atoms with Crippen molar-refractivity contribution in [3.63, 3.8) is 0 Å². The quantitative estimate of drug-likeness (QED) is 0.576. The zero-order chi connectivity index (χ0) is 16.8. The molecule has 24 heavy (non-hydrogen) atoms. The average Bonchev–Trinajstić information content (AvgIpc) is 2.94. The number of hydrogen-bond acceptors (Lipinski definition) is 5. The van der Waals surface area contributed by atoms with Gasteiger partial charge < -0.3 is 20.6 Å². The summed E-state index contributed by atoms with van der Waals surface area (Å²) >= 11 is 0. The molecule has 1 aliphatic heterocycles. The van der Waals surface area contributed by atoms with Crippen LogP contribution in [0.15, 0.2) is 42.6 Å².